The molecule has 2 aromatic rings. The Labute approximate surface area is 134 Å². The molecule has 2 aliphatic rings. The summed E-state index contributed by atoms with van der Waals surface area (Å²) in [4.78, 5) is 23.2. The summed E-state index contributed by atoms with van der Waals surface area (Å²) in [6.07, 6.45) is 4.47. The van der Waals surface area contributed by atoms with Crippen molar-refractivity contribution >= 4 is 22.8 Å². The summed E-state index contributed by atoms with van der Waals surface area (Å²) in [5.41, 5.74) is 0.849. The monoisotopic (exact) mass is 312 g/mol. The normalized spacial score (nSPS) is 17.5. The first kappa shape index (κ1) is 14.2. The molecule has 2 heterocycles. The van der Waals surface area contributed by atoms with Crippen molar-refractivity contribution in [1.29, 1.82) is 0 Å². The molecule has 1 saturated carbocycles. The van der Waals surface area contributed by atoms with E-state index in [1.807, 2.05) is 24.3 Å². The molecule has 6 nitrogen and oxygen atoms in total. The minimum Gasteiger partial charge on any atom is -0.467 e. The van der Waals surface area contributed by atoms with E-state index in [0.717, 1.165) is 49.7 Å². The highest BCUT2D eigenvalue weighted by molar-refractivity contribution is 5.85. The molecule has 1 saturated heterocycles. The molecule has 0 unspecified atom stereocenters. The number of fused-ring (bicyclic) bond motifs is 1. The number of ether oxygens (including phenoxy) is 1. The first-order valence-electron chi connectivity index (χ1n) is 8.23. The van der Waals surface area contributed by atoms with Gasteiger partial charge in [0, 0.05) is 19.1 Å². The van der Waals surface area contributed by atoms with Gasteiger partial charge in [0.15, 0.2) is 6.61 Å². The maximum absolute atomic E-state index is 11.9. The third-order valence-electron chi connectivity index (χ3n) is 4.23. The zero-order chi connectivity index (χ0) is 15.6. The minimum absolute atomic E-state index is 0.00303. The lowest BCUT2D eigenvalue weighted by Gasteiger charge is -2.17. The van der Waals surface area contributed by atoms with Gasteiger partial charge >= 0.3 is 0 Å². The summed E-state index contributed by atoms with van der Waals surface area (Å²) in [7, 11) is 0. The molecule has 1 aliphatic carbocycles. The number of carbonyl (C=O) groups excluding carboxylic acids is 1. The summed E-state index contributed by atoms with van der Waals surface area (Å²) < 4.78 is 5.72. The average Bonchev–Trinajstić information content (AvgIpc) is 3.21. The number of rotatable bonds is 5. The third kappa shape index (κ3) is 3.21. The Morgan fingerprint density at radius 3 is 2.78 bits per heavy atom. The second-order valence-electron chi connectivity index (χ2n) is 6.17. The highest BCUT2D eigenvalue weighted by atomic mass is 16.5. The number of benzene rings is 1. The van der Waals surface area contributed by atoms with Gasteiger partial charge in [0.05, 0.1) is 10.9 Å². The maximum atomic E-state index is 11.9. The molecular formula is C17H20N4O2. The lowest BCUT2D eigenvalue weighted by molar-refractivity contribution is -0.123. The Hall–Kier alpha value is -2.37. The Morgan fingerprint density at radius 1 is 1.22 bits per heavy atom. The Bertz CT molecular complexity index is 724. The van der Waals surface area contributed by atoms with E-state index in [2.05, 4.69) is 20.2 Å². The summed E-state index contributed by atoms with van der Waals surface area (Å²) in [6, 6.07) is 8.10. The molecule has 1 aromatic carbocycles. The molecule has 1 amide bonds. The van der Waals surface area contributed by atoms with E-state index in [4.69, 9.17) is 4.74 Å². The Balaban J connectivity index is 1.58. The molecule has 2 fully saturated rings. The molecule has 120 valence electrons. The molecule has 6 heteroatoms. The van der Waals surface area contributed by atoms with Crippen LogP contribution >= 0.6 is 0 Å². The molecule has 1 aliphatic heterocycles. The van der Waals surface area contributed by atoms with Crippen molar-refractivity contribution in [1.82, 2.24) is 15.3 Å². The van der Waals surface area contributed by atoms with Crippen LogP contribution in [0.3, 0.4) is 0 Å². The van der Waals surface area contributed by atoms with E-state index in [9.17, 15) is 4.79 Å². The minimum atomic E-state index is -0.0853. The first-order chi connectivity index (χ1) is 11.3. The zero-order valence-electron chi connectivity index (χ0n) is 13.0. The largest absolute Gasteiger partial charge is 0.467 e. The van der Waals surface area contributed by atoms with Crippen LogP contribution < -0.4 is 15.0 Å². The highest BCUT2D eigenvalue weighted by Crippen LogP contribution is 2.27. The molecule has 1 aromatic heterocycles. The number of anilines is 1. The number of nitrogens with one attached hydrogen (secondary N) is 1. The van der Waals surface area contributed by atoms with Crippen LogP contribution in [0.1, 0.15) is 25.7 Å². The number of para-hydroxylation sites is 1. The quantitative estimate of drug-likeness (QED) is 0.913. The maximum Gasteiger partial charge on any atom is 0.258 e. The van der Waals surface area contributed by atoms with Gasteiger partial charge in [0.2, 0.25) is 11.8 Å². The summed E-state index contributed by atoms with van der Waals surface area (Å²) in [5, 5.41) is 3.77. The molecule has 0 atom stereocenters. The van der Waals surface area contributed by atoms with Crippen molar-refractivity contribution in [2.45, 2.75) is 31.7 Å². The summed E-state index contributed by atoms with van der Waals surface area (Å²) in [6.45, 7) is 1.94. The van der Waals surface area contributed by atoms with E-state index < -0.39 is 0 Å². The lowest BCUT2D eigenvalue weighted by Crippen LogP contribution is -2.30. The van der Waals surface area contributed by atoms with Gasteiger partial charge in [0.1, 0.15) is 0 Å². The van der Waals surface area contributed by atoms with Gasteiger partial charge in [-0.2, -0.15) is 4.98 Å². The van der Waals surface area contributed by atoms with Crippen LogP contribution in [0.25, 0.3) is 10.9 Å². The second-order valence-corrected chi connectivity index (χ2v) is 6.17. The van der Waals surface area contributed by atoms with Gasteiger partial charge < -0.3 is 15.0 Å². The lowest BCUT2D eigenvalue weighted by atomic mass is 10.2. The standard InChI is InChI=1S/C17H20N4O2/c22-15(18-12-7-8-12)11-23-16-13-5-1-2-6-14(13)19-17(20-16)21-9-3-4-10-21/h1-2,5-6,12H,3-4,7-11H2,(H,18,22). The van der Waals surface area contributed by atoms with Gasteiger partial charge in [0.25, 0.3) is 5.91 Å². The second kappa shape index (κ2) is 6.02. The predicted molar refractivity (Wildman–Crippen MR) is 87.6 cm³/mol. The predicted octanol–water partition coefficient (Wildman–Crippen LogP) is 1.89. The molecule has 0 bridgehead atoms. The number of carbonyl (C=O) groups is 1. The molecule has 23 heavy (non-hydrogen) atoms. The highest BCUT2D eigenvalue weighted by Gasteiger charge is 2.24. The average molecular weight is 312 g/mol. The molecule has 0 radical (unpaired) electrons. The van der Waals surface area contributed by atoms with Crippen molar-refractivity contribution in [3.63, 3.8) is 0 Å². The van der Waals surface area contributed by atoms with E-state index >= 15 is 0 Å². The van der Waals surface area contributed by atoms with Crippen LogP contribution in [0.15, 0.2) is 24.3 Å². The number of nitrogens with zero attached hydrogens (tertiary/aromatic N) is 3. The summed E-state index contributed by atoms with van der Waals surface area (Å²) in [5.74, 6) is 1.10. The van der Waals surface area contributed by atoms with Crippen LogP contribution in [0.2, 0.25) is 0 Å². The zero-order valence-corrected chi connectivity index (χ0v) is 13.0. The fourth-order valence-corrected chi connectivity index (χ4v) is 2.84. The molecule has 1 N–H and O–H groups in total. The van der Waals surface area contributed by atoms with Crippen LogP contribution in [0, 0.1) is 0 Å². The number of aromatic nitrogens is 2. The Kier molecular flexibility index (Phi) is 3.73. The number of hydrogen-bond donors (Lipinski definition) is 1. The van der Waals surface area contributed by atoms with Crippen LogP contribution in [0.4, 0.5) is 5.95 Å². The van der Waals surface area contributed by atoms with Crippen molar-refractivity contribution in [3.05, 3.63) is 24.3 Å². The van der Waals surface area contributed by atoms with E-state index in [1.165, 1.54) is 0 Å². The fraction of sp³-hybridized carbons (Fsp3) is 0.471. The van der Waals surface area contributed by atoms with Crippen molar-refractivity contribution in [2.24, 2.45) is 0 Å². The van der Waals surface area contributed by atoms with Crippen molar-refractivity contribution in [3.8, 4) is 5.88 Å². The van der Waals surface area contributed by atoms with E-state index in [0.29, 0.717) is 17.9 Å². The van der Waals surface area contributed by atoms with Crippen LogP contribution in [-0.2, 0) is 4.79 Å². The smallest absolute Gasteiger partial charge is 0.258 e. The van der Waals surface area contributed by atoms with Gasteiger partial charge in [-0.25, -0.2) is 4.98 Å². The van der Waals surface area contributed by atoms with Gasteiger partial charge in [-0.3, -0.25) is 4.79 Å². The van der Waals surface area contributed by atoms with Gasteiger partial charge in [-0.05, 0) is 37.8 Å². The first-order valence-corrected chi connectivity index (χ1v) is 8.23. The topological polar surface area (TPSA) is 67.3 Å². The Morgan fingerprint density at radius 2 is 2.00 bits per heavy atom. The van der Waals surface area contributed by atoms with E-state index in [1.54, 1.807) is 0 Å². The third-order valence-corrected chi connectivity index (χ3v) is 4.23. The van der Waals surface area contributed by atoms with Gasteiger partial charge in [-0.1, -0.05) is 12.1 Å². The van der Waals surface area contributed by atoms with Crippen molar-refractivity contribution in [2.75, 3.05) is 24.6 Å². The number of hydrogen-bond acceptors (Lipinski definition) is 5. The summed E-state index contributed by atoms with van der Waals surface area (Å²) >= 11 is 0. The van der Waals surface area contributed by atoms with E-state index in [-0.39, 0.29) is 12.5 Å². The van der Waals surface area contributed by atoms with Crippen molar-refractivity contribution < 1.29 is 9.53 Å². The van der Waals surface area contributed by atoms with Crippen LogP contribution in [0.5, 0.6) is 5.88 Å². The van der Waals surface area contributed by atoms with Gasteiger partial charge in [-0.15, -0.1) is 0 Å². The fourth-order valence-electron chi connectivity index (χ4n) is 2.84. The van der Waals surface area contributed by atoms with Crippen LogP contribution in [-0.4, -0.2) is 41.6 Å². The number of amides is 1. The SMILES string of the molecule is O=C(COc1nc(N2CCCC2)nc2ccccc12)NC1CC1. The molecule has 0 spiro atoms. The molecular weight excluding hydrogens is 292 g/mol. The molecule has 4 rings (SSSR count).